The van der Waals surface area contributed by atoms with Crippen molar-refractivity contribution in [3.05, 3.63) is 29.8 Å². The molecule has 0 heterocycles. The molecule has 0 unspecified atom stereocenters. The minimum Gasteiger partial charge on any atom is -0.388 e. The van der Waals surface area contributed by atoms with Gasteiger partial charge in [0.25, 0.3) is 0 Å². The van der Waals surface area contributed by atoms with Gasteiger partial charge in [-0.2, -0.15) is 23.5 Å². The molecule has 114 valence electrons. The van der Waals surface area contributed by atoms with Crippen molar-refractivity contribution in [2.45, 2.75) is 20.4 Å². The number of thioether (sulfide) groups is 2. The topological polar surface area (TPSA) is 15.3 Å². The maximum atomic E-state index is 3.30. The zero-order valence-electron chi connectivity index (χ0n) is 13.0. The molecule has 0 amide bonds. The van der Waals surface area contributed by atoms with E-state index in [2.05, 4.69) is 48.3 Å². The van der Waals surface area contributed by atoms with Gasteiger partial charge in [0.2, 0.25) is 0 Å². The van der Waals surface area contributed by atoms with Gasteiger partial charge in [-0.15, -0.1) is 0 Å². The van der Waals surface area contributed by atoms with Crippen LogP contribution in [0.2, 0.25) is 0 Å². The van der Waals surface area contributed by atoms with Crippen LogP contribution >= 0.6 is 23.5 Å². The highest BCUT2D eigenvalue weighted by molar-refractivity contribution is 7.99. The molecule has 1 rings (SSSR count). The van der Waals surface area contributed by atoms with Crippen LogP contribution in [0.25, 0.3) is 0 Å². The Labute approximate surface area is 133 Å². The number of nitrogens with one attached hydrogen (secondary N) is 1. The Morgan fingerprint density at radius 2 is 1.60 bits per heavy atom. The van der Waals surface area contributed by atoms with Gasteiger partial charge in [0.05, 0.1) is 0 Å². The van der Waals surface area contributed by atoms with Crippen LogP contribution in [0.5, 0.6) is 0 Å². The van der Waals surface area contributed by atoms with Crippen LogP contribution in [0.3, 0.4) is 0 Å². The van der Waals surface area contributed by atoms with Gasteiger partial charge >= 0.3 is 0 Å². The molecular formula is C16H28N2S2. The summed E-state index contributed by atoms with van der Waals surface area (Å²) < 4.78 is 0. The molecule has 1 aromatic rings. The van der Waals surface area contributed by atoms with Crippen molar-refractivity contribution in [1.82, 2.24) is 4.90 Å². The Morgan fingerprint density at radius 3 is 2.15 bits per heavy atom. The van der Waals surface area contributed by atoms with Crippen molar-refractivity contribution < 1.29 is 0 Å². The Hall–Kier alpha value is -0.320. The molecule has 0 spiro atoms. The molecule has 0 saturated heterocycles. The van der Waals surface area contributed by atoms with Crippen LogP contribution in [0.4, 0.5) is 5.69 Å². The van der Waals surface area contributed by atoms with Gasteiger partial charge in [-0.1, -0.05) is 32.0 Å². The van der Waals surface area contributed by atoms with Crippen molar-refractivity contribution >= 4 is 29.2 Å². The number of nitrogens with zero attached hydrogens (tertiary/aromatic N) is 1. The minimum atomic E-state index is 1.05. The second kappa shape index (κ2) is 11.4. The molecule has 1 N–H and O–H groups in total. The summed E-state index contributed by atoms with van der Waals surface area (Å²) in [6, 6.07) is 8.63. The largest absolute Gasteiger partial charge is 0.388 e. The number of benzene rings is 1. The Morgan fingerprint density at radius 1 is 1.00 bits per heavy atom. The Bertz CT molecular complexity index is 348. The highest BCUT2D eigenvalue weighted by Gasteiger charge is 2.08. The lowest BCUT2D eigenvalue weighted by molar-refractivity contribution is 0.301. The van der Waals surface area contributed by atoms with E-state index in [9.17, 15) is 0 Å². The van der Waals surface area contributed by atoms with Gasteiger partial charge < -0.3 is 5.32 Å². The summed E-state index contributed by atoms with van der Waals surface area (Å²) >= 11 is 4.06. The van der Waals surface area contributed by atoms with Crippen molar-refractivity contribution in [2.75, 3.05) is 48.5 Å². The van der Waals surface area contributed by atoms with E-state index in [1.807, 2.05) is 30.6 Å². The van der Waals surface area contributed by atoms with Crippen molar-refractivity contribution in [2.24, 2.45) is 0 Å². The first-order valence-corrected chi connectivity index (χ1v) is 9.76. The molecule has 0 fully saturated rings. The summed E-state index contributed by atoms with van der Waals surface area (Å²) in [5.74, 6) is 4.89. The average Bonchev–Trinajstić information content (AvgIpc) is 2.48. The molecule has 0 aliphatic heterocycles. The van der Waals surface area contributed by atoms with Gasteiger partial charge in [0, 0.05) is 43.9 Å². The Kier molecular flexibility index (Phi) is 10.1. The van der Waals surface area contributed by atoms with E-state index in [1.54, 1.807) is 0 Å². The fourth-order valence-electron chi connectivity index (χ4n) is 2.09. The lowest BCUT2D eigenvalue weighted by Crippen LogP contribution is -2.28. The van der Waals surface area contributed by atoms with E-state index < -0.39 is 0 Å². The summed E-state index contributed by atoms with van der Waals surface area (Å²) in [5, 5.41) is 3.30. The summed E-state index contributed by atoms with van der Waals surface area (Å²) in [7, 11) is 2.00. The SMILES string of the molecule is CCSCCN(CCSCC)Cc1ccccc1NC. The number of anilines is 1. The maximum absolute atomic E-state index is 3.30. The average molecular weight is 313 g/mol. The summed E-state index contributed by atoms with van der Waals surface area (Å²) in [4.78, 5) is 2.58. The highest BCUT2D eigenvalue weighted by atomic mass is 32.2. The number of rotatable bonds is 11. The zero-order valence-corrected chi connectivity index (χ0v) is 14.7. The number of hydrogen-bond acceptors (Lipinski definition) is 4. The van der Waals surface area contributed by atoms with Crippen molar-refractivity contribution in [3.63, 3.8) is 0 Å². The van der Waals surface area contributed by atoms with Crippen LogP contribution in [0.1, 0.15) is 19.4 Å². The highest BCUT2D eigenvalue weighted by Crippen LogP contribution is 2.17. The zero-order chi connectivity index (χ0) is 14.6. The van der Waals surface area contributed by atoms with E-state index in [4.69, 9.17) is 0 Å². The second-order valence-electron chi connectivity index (χ2n) is 4.58. The molecule has 0 aliphatic rings. The normalized spacial score (nSPS) is 11.0. The summed E-state index contributed by atoms with van der Waals surface area (Å²) in [6.45, 7) is 7.88. The first kappa shape index (κ1) is 17.7. The van der Waals surface area contributed by atoms with Crippen LogP contribution in [0.15, 0.2) is 24.3 Å². The van der Waals surface area contributed by atoms with Gasteiger partial charge in [0.1, 0.15) is 0 Å². The van der Waals surface area contributed by atoms with E-state index in [-0.39, 0.29) is 0 Å². The third-order valence-corrected chi connectivity index (χ3v) is 4.95. The fourth-order valence-corrected chi connectivity index (χ4v) is 3.44. The molecule has 0 aromatic heterocycles. The predicted octanol–water partition coefficient (Wildman–Crippen LogP) is 4.04. The standard InChI is InChI=1S/C16H28N2S2/c1-4-19-12-10-18(11-13-20-5-2)14-15-8-6-7-9-16(15)17-3/h6-9,17H,4-5,10-14H2,1-3H3. The van der Waals surface area contributed by atoms with Crippen LogP contribution in [0, 0.1) is 0 Å². The molecule has 2 nitrogen and oxygen atoms in total. The van der Waals surface area contributed by atoms with Crippen LogP contribution in [-0.2, 0) is 6.54 Å². The lowest BCUT2D eigenvalue weighted by Gasteiger charge is -2.23. The van der Waals surface area contributed by atoms with E-state index in [0.717, 1.165) is 6.54 Å². The first-order chi connectivity index (χ1) is 9.81. The molecule has 0 saturated carbocycles. The van der Waals surface area contributed by atoms with Crippen molar-refractivity contribution in [1.29, 1.82) is 0 Å². The second-order valence-corrected chi connectivity index (χ2v) is 7.36. The summed E-state index contributed by atoms with van der Waals surface area (Å²) in [6.07, 6.45) is 0. The molecule has 0 atom stereocenters. The van der Waals surface area contributed by atoms with E-state index in [0.29, 0.717) is 0 Å². The van der Waals surface area contributed by atoms with E-state index >= 15 is 0 Å². The van der Waals surface area contributed by atoms with Gasteiger partial charge in [0.15, 0.2) is 0 Å². The first-order valence-electron chi connectivity index (χ1n) is 7.45. The third-order valence-electron chi connectivity index (χ3n) is 3.19. The Balaban J connectivity index is 2.56. The molecule has 4 heteroatoms. The quantitative estimate of drug-likeness (QED) is 0.620. The van der Waals surface area contributed by atoms with E-state index in [1.165, 1.54) is 47.4 Å². The maximum Gasteiger partial charge on any atom is 0.0383 e. The molecule has 1 aromatic carbocycles. The van der Waals surface area contributed by atoms with Crippen molar-refractivity contribution in [3.8, 4) is 0 Å². The molecule has 0 aliphatic carbocycles. The third kappa shape index (κ3) is 6.91. The molecule has 0 radical (unpaired) electrons. The van der Waals surface area contributed by atoms with Gasteiger partial charge in [-0.05, 0) is 23.1 Å². The monoisotopic (exact) mass is 312 g/mol. The van der Waals surface area contributed by atoms with Crippen LogP contribution < -0.4 is 5.32 Å². The van der Waals surface area contributed by atoms with Gasteiger partial charge in [-0.25, -0.2) is 0 Å². The minimum absolute atomic E-state index is 1.05. The van der Waals surface area contributed by atoms with Gasteiger partial charge in [-0.3, -0.25) is 4.90 Å². The number of hydrogen-bond donors (Lipinski definition) is 1. The predicted molar refractivity (Wildman–Crippen MR) is 97.3 cm³/mol. The lowest BCUT2D eigenvalue weighted by atomic mass is 10.1. The molecule has 20 heavy (non-hydrogen) atoms. The number of para-hydroxylation sites is 1. The molecular weight excluding hydrogens is 284 g/mol. The molecule has 0 bridgehead atoms. The van der Waals surface area contributed by atoms with Crippen LogP contribution in [-0.4, -0.2) is 48.0 Å². The summed E-state index contributed by atoms with van der Waals surface area (Å²) in [5.41, 5.74) is 2.65. The smallest absolute Gasteiger partial charge is 0.0383 e. The fraction of sp³-hybridized carbons (Fsp3) is 0.625.